The molecule has 1 aromatic rings. The molecule has 0 radical (unpaired) electrons. The van der Waals surface area contributed by atoms with Gasteiger partial charge in [0.05, 0.1) is 11.6 Å². The van der Waals surface area contributed by atoms with Crippen LogP contribution in [-0.2, 0) is 0 Å². The van der Waals surface area contributed by atoms with Crippen LogP contribution in [0.1, 0.15) is 55.3 Å². The van der Waals surface area contributed by atoms with Gasteiger partial charge in [-0.3, -0.25) is 10.1 Å². The van der Waals surface area contributed by atoms with Crippen molar-refractivity contribution in [3.63, 3.8) is 0 Å². The van der Waals surface area contributed by atoms with Gasteiger partial charge >= 0.3 is 0 Å². The number of hydrogen-bond donors (Lipinski definition) is 3. The Kier molecular flexibility index (Phi) is 6.24. The average Bonchev–Trinajstić information content (AvgIpc) is 2.44. The van der Waals surface area contributed by atoms with E-state index in [1.54, 1.807) is 12.1 Å². The summed E-state index contributed by atoms with van der Waals surface area (Å²) in [5.41, 5.74) is 6.02. The standard InChI is InChI=1S/C16H22BrN3O2/c17-11-8-9-14(21)13(10-11)15(22)20-16(18)19-12-6-4-2-1-3-5-7-12/h8-10,12,21H,1-7H2,(H3,18,19,20,22). The molecule has 0 heterocycles. The molecule has 0 aliphatic heterocycles. The van der Waals surface area contributed by atoms with Crippen molar-refractivity contribution in [2.75, 3.05) is 0 Å². The smallest absolute Gasteiger partial charge is 0.261 e. The number of nitrogens with one attached hydrogen (secondary N) is 1. The summed E-state index contributed by atoms with van der Waals surface area (Å²) in [6, 6.07) is 4.85. The van der Waals surface area contributed by atoms with E-state index in [2.05, 4.69) is 26.2 Å². The molecule has 0 spiro atoms. The molecule has 1 aromatic carbocycles. The summed E-state index contributed by atoms with van der Waals surface area (Å²) in [4.78, 5) is 16.6. The number of halogens is 1. The van der Waals surface area contributed by atoms with Crippen LogP contribution in [0, 0.1) is 0 Å². The van der Waals surface area contributed by atoms with Crippen LogP contribution in [0.4, 0.5) is 0 Å². The minimum absolute atomic E-state index is 0.0838. The Balaban J connectivity index is 2.00. The zero-order chi connectivity index (χ0) is 15.9. The largest absolute Gasteiger partial charge is 0.507 e. The van der Waals surface area contributed by atoms with Crippen LogP contribution in [0.25, 0.3) is 0 Å². The van der Waals surface area contributed by atoms with Gasteiger partial charge in [0.25, 0.3) is 5.91 Å². The summed E-state index contributed by atoms with van der Waals surface area (Å²) in [5, 5.41) is 12.3. The molecule has 1 aliphatic carbocycles. The molecular weight excluding hydrogens is 346 g/mol. The van der Waals surface area contributed by atoms with E-state index in [0.29, 0.717) is 4.47 Å². The highest BCUT2D eigenvalue weighted by molar-refractivity contribution is 9.10. The highest BCUT2D eigenvalue weighted by Crippen LogP contribution is 2.22. The highest BCUT2D eigenvalue weighted by atomic mass is 79.9. The molecule has 0 unspecified atom stereocenters. The monoisotopic (exact) mass is 367 g/mol. The van der Waals surface area contributed by atoms with Gasteiger partial charge < -0.3 is 10.8 Å². The molecule has 5 nitrogen and oxygen atoms in total. The molecule has 1 amide bonds. The van der Waals surface area contributed by atoms with Gasteiger partial charge in [-0.05, 0) is 31.0 Å². The number of aliphatic imine (C=N–C) groups is 1. The van der Waals surface area contributed by atoms with E-state index in [-0.39, 0.29) is 23.3 Å². The number of phenolic OH excluding ortho intramolecular Hbond substituents is 1. The van der Waals surface area contributed by atoms with Crippen molar-refractivity contribution >= 4 is 27.8 Å². The number of phenols is 1. The minimum atomic E-state index is -0.453. The molecule has 1 aliphatic rings. The van der Waals surface area contributed by atoms with Crippen molar-refractivity contribution in [3.05, 3.63) is 28.2 Å². The fourth-order valence-corrected chi connectivity index (χ4v) is 3.03. The number of carbonyl (C=O) groups is 1. The normalized spacial score (nSPS) is 17.6. The number of nitrogens with zero attached hydrogens (tertiary/aromatic N) is 1. The Labute approximate surface area is 139 Å². The first-order valence-corrected chi connectivity index (χ1v) is 8.48. The van der Waals surface area contributed by atoms with Gasteiger partial charge in [-0.1, -0.05) is 48.0 Å². The van der Waals surface area contributed by atoms with Crippen molar-refractivity contribution in [2.45, 2.75) is 51.0 Å². The van der Waals surface area contributed by atoms with E-state index in [0.717, 1.165) is 25.7 Å². The number of carbonyl (C=O) groups excluding carboxylic acids is 1. The second-order valence-electron chi connectivity index (χ2n) is 5.63. The van der Waals surface area contributed by atoms with Gasteiger partial charge in [-0.15, -0.1) is 0 Å². The molecule has 2 rings (SSSR count). The lowest BCUT2D eigenvalue weighted by atomic mass is 9.97. The molecule has 1 saturated carbocycles. The fraction of sp³-hybridized carbons (Fsp3) is 0.500. The number of rotatable bonds is 2. The summed E-state index contributed by atoms with van der Waals surface area (Å²) in [6.45, 7) is 0. The van der Waals surface area contributed by atoms with Crippen LogP contribution in [0.3, 0.4) is 0 Å². The van der Waals surface area contributed by atoms with Gasteiger partial charge in [0.15, 0.2) is 5.96 Å². The van der Waals surface area contributed by atoms with Crippen molar-refractivity contribution in [2.24, 2.45) is 10.7 Å². The molecule has 4 N–H and O–H groups in total. The second kappa shape index (κ2) is 8.17. The third-order valence-corrected chi connectivity index (χ3v) is 4.33. The topological polar surface area (TPSA) is 87.7 Å². The molecule has 0 saturated heterocycles. The van der Waals surface area contributed by atoms with E-state index in [1.165, 1.54) is 25.3 Å². The van der Waals surface area contributed by atoms with Crippen LogP contribution in [0.5, 0.6) is 5.75 Å². The first kappa shape index (κ1) is 16.8. The average molecular weight is 368 g/mol. The van der Waals surface area contributed by atoms with Crippen molar-refractivity contribution in [1.29, 1.82) is 0 Å². The van der Waals surface area contributed by atoms with Crippen LogP contribution >= 0.6 is 15.9 Å². The van der Waals surface area contributed by atoms with E-state index in [9.17, 15) is 9.90 Å². The lowest BCUT2D eigenvalue weighted by Crippen LogP contribution is -2.38. The van der Waals surface area contributed by atoms with Gasteiger partial charge in [-0.2, -0.15) is 0 Å². The van der Waals surface area contributed by atoms with Crippen molar-refractivity contribution in [3.8, 4) is 5.75 Å². The Hall–Kier alpha value is -1.56. The number of benzene rings is 1. The molecule has 1 fully saturated rings. The molecule has 6 heteroatoms. The fourth-order valence-electron chi connectivity index (χ4n) is 2.67. The predicted octanol–water partition coefficient (Wildman–Crippen LogP) is 3.31. The summed E-state index contributed by atoms with van der Waals surface area (Å²) < 4.78 is 0.714. The van der Waals surface area contributed by atoms with Gasteiger partial charge in [0, 0.05) is 4.47 Å². The van der Waals surface area contributed by atoms with E-state index < -0.39 is 5.91 Å². The molecular formula is C16H22BrN3O2. The lowest BCUT2D eigenvalue weighted by Gasteiger charge is -2.16. The molecule has 22 heavy (non-hydrogen) atoms. The molecule has 0 aromatic heterocycles. The van der Waals surface area contributed by atoms with E-state index in [4.69, 9.17) is 5.73 Å². The van der Waals surface area contributed by atoms with Gasteiger partial charge in [0.1, 0.15) is 5.75 Å². The zero-order valence-electron chi connectivity index (χ0n) is 12.5. The Morgan fingerprint density at radius 3 is 2.55 bits per heavy atom. The molecule has 120 valence electrons. The number of hydrogen-bond acceptors (Lipinski definition) is 3. The highest BCUT2D eigenvalue weighted by Gasteiger charge is 2.14. The van der Waals surface area contributed by atoms with E-state index in [1.807, 2.05) is 0 Å². The van der Waals surface area contributed by atoms with Gasteiger partial charge in [-0.25, -0.2) is 4.99 Å². The molecule has 0 bridgehead atoms. The Morgan fingerprint density at radius 1 is 1.23 bits per heavy atom. The maximum atomic E-state index is 12.1. The summed E-state index contributed by atoms with van der Waals surface area (Å²) in [6.07, 6.45) is 8.11. The predicted molar refractivity (Wildman–Crippen MR) is 91.0 cm³/mol. The Bertz CT molecular complexity index is 552. The third-order valence-electron chi connectivity index (χ3n) is 3.84. The number of guanidine groups is 1. The maximum Gasteiger partial charge on any atom is 0.261 e. The third kappa shape index (κ3) is 5.02. The SMILES string of the molecule is NC(=NC1CCCCCCC1)NC(=O)c1cc(Br)ccc1O. The zero-order valence-corrected chi connectivity index (χ0v) is 14.1. The number of nitrogens with two attached hydrogens (primary N) is 1. The summed E-state index contributed by atoms with van der Waals surface area (Å²) in [5.74, 6) is -0.416. The first-order valence-electron chi connectivity index (χ1n) is 7.69. The van der Waals surface area contributed by atoms with E-state index >= 15 is 0 Å². The van der Waals surface area contributed by atoms with Crippen LogP contribution < -0.4 is 11.1 Å². The van der Waals surface area contributed by atoms with Gasteiger partial charge in [0.2, 0.25) is 0 Å². The van der Waals surface area contributed by atoms with Crippen LogP contribution in [0.15, 0.2) is 27.7 Å². The molecule has 0 atom stereocenters. The van der Waals surface area contributed by atoms with Crippen LogP contribution in [-0.4, -0.2) is 23.0 Å². The Morgan fingerprint density at radius 2 is 1.86 bits per heavy atom. The van der Waals surface area contributed by atoms with Crippen molar-refractivity contribution in [1.82, 2.24) is 5.32 Å². The minimum Gasteiger partial charge on any atom is -0.507 e. The van der Waals surface area contributed by atoms with Crippen molar-refractivity contribution < 1.29 is 9.90 Å². The first-order chi connectivity index (χ1) is 10.6. The van der Waals surface area contributed by atoms with Crippen LogP contribution in [0.2, 0.25) is 0 Å². The summed E-state index contributed by atoms with van der Waals surface area (Å²) in [7, 11) is 0. The quantitative estimate of drug-likeness (QED) is 0.553. The lowest BCUT2D eigenvalue weighted by molar-refractivity contribution is 0.0974. The summed E-state index contributed by atoms with van der Waals surface area (Å²) >= 11 is 3.27. The second-order valence-corrected chi connectivity index (χ2v) is 6.54. The maximum absolute atomic E-state index is 12.1. The number of aromatic hydroxyl groups is 1. The number of amides is 1.